The highest BCUT2D eigenvalue weighted by molar-refractivity contribution is 7.13. The van der Waals surface area contributed by atoms with Crippen molar-refractivity contribution in [1.29, 1.82) is 0 Å². The summed E-state index contributed by atoms with van der Waals surface area (Å²) in [5.74, 6) is 0.500. The summed E-state index contributed by atoms with van der Waals surface area (Å²) >= 11 is 1.55. The predicted molar refractivity (Wildman–Crippen MR) is 89.3 cm³/mol. The molecule has 2 aromatic heterocycles. The van der Waals surface area contributed by atoms with Crippen LogP contribution >= 0.6 is 36.2 Å². The predicted octanol–water partition coefficient (Wildman–Crippen LogP) is 2.64. The first-order valence-electron chi connectivity index (χ1n) is 6.15. The van der Waals surface area contributed by atoms with Gasteiger partial charge in [0.15, 0.2) is 0 Å². The van der Waals surface area contributed by atoms with Gasteiger partial charge in [-0.25, -0.2) is 4.98 Å². The highest BCUT2D eigenvalue weighted by Crippen LogP contribution is 2.23. The largest absolute Gasteiger partial charge is 0.444 e. The third-order valence-electron chi connectivity index (χ3n) is 2.55. The molecule has 0 saturated heterocycles. The summed E-state index contributed by atoms with van der Waals surface area (Å²) in [5, 5.41) is 4.77. The number of carbonyl (C=O) groups is 1. The molecule has 0 aliphatic carbocycles. The van der Waals surface area contributed by atoms with Crippen molar-refractivity contribution >= 4 is 42.1 Å². The lowest BCUT2D eigenvalue weighted by atomic mass is 10.2. The number of oxazole rings is 1. The fourth-order valence-corrected chi connectivity index (χ4v) is 2.22. The Morgan fingerprint density at radius 1 is 1.52 bits per heavy atom. The minimum atomic E-state index is -0.0633. The van der Waals surface area contributed by atoms with Crippen molar-refractivity contribution in [2.45, 2.75) is 25.8 Å². The van der Waals surface area contributed by atoms with Crippen molar-refractivity contribution in [2.75, 3.05) is 6.54 Å². The Labute approximate surface area is 140 Å². The van der Waals surface area contributed by atoms with Crippen LogP contribution in [0.2, 0.25) is 0 Å². The molecule has 0 bridgehead atoms. The standard InChI is InChI=1S/C13H17N3O2S.2ClH/c1-9(14)4-5-15-12(17)7-10-8-18-13(16-10)11-3-2-6-19-11;;/h2-3,6,8-9H,4-5,7,14H2,1H3,(H,15,17);2*1H. The van der Waals surface area contributed by atoms with Crippen molar-refractivity contribution in [1.82, 2.24) is 10.3 Å². The van der Waals surface area contributed by atoms with Crippen LogP contribution in [0.4, 0.5) is 0 Å². The number of halogens is 2. The normalized spacial score (nSPS) is 11.1. The molecule has 0 aliphatic rings. The highest BCUT2D eigenvalue weighted by Gasteiger charge is 2.10. The lowest BCUT2D eigenvalue weighted by molar-refractivity contribution is -0.120. The molecule has 3 N–H and O–H groups in total. The van der Waals surface area contributed by atoms with Crippen molar-refractivity contribution in [3.8, 4) is 10.8 Å². The number of hydrogen-bond acceptors (Lipinski definition) is 5. The zero-order valence-corrected chi connectivity index (χ0v) is 14.0. The van der Waals surface area contributed by atoms with E-state index in [9.17, 15) is 4.79 Å². The molecule has 0 saturated carbocycles. The average molecular weight is 352 g/mol. The van der Waals surface area contributed by atoms with E-state index in [-0.39, 0.29) is 43.2 Å². The highest BCUT2D eigenvalue weighted by atomic mass is 35.5. The van der Waals surface area contributed by atoms with E-state index < -0.39 is 0 Å². The number of rotatable bonds is 6. The smallest absolute Gasteiger partial charge is 0.236 e. The van der Waals surface area contributed by atoms with Gasteiger partial charge in [0.2, 0.25) is 11.8 Å². The second-order valence-electron chi connectivity index (χ2n) is 4.41. The monoisotopic (exact) mass is 351 g/mol. The molecular weight excluding hydrogens is 333 g/mol. The summed E-state index contributed by atoms with van der Waals surface area (Å²) in [7, 11) is 0. The van der Waals surface area contributed by atoms with Gasteiger partial charge in [0.05, 0.1) is 17.0 Å². The molecule has 1 atom stereocenters. The number of nitrogens with one attached hydrogen (secondary N) is 1. The van der Waals surface area contributed by atoms with E-state index in [0.29, 0.717) is 18.1 Å². The van der Waals surface area contributed by atoms with E-state index in [1.54, 1.807) is 11.3 Å². The topological polar surface area (TPSA) is 81.1 Å². The van der Waals surface area contributed by atoms with Crippen molar-refractivity contribution in [2.24, 2.45) is 5.73 Å². The third kappa shape index (κ3) is 6.48. The fraction of sp³-hybridized carbons (Fsp3) is 0.385. The Kier molecular flexibility index (Phi) is 9.28. The van der Waals surface area contributed by atoms with Gasteiger partial charge in [0.25, 0.3) is 0 Å². The van der Waals surface area contributed by atoms with Gasteiger partial charge in [-0.15, -0.1) is 36.2 Å². The van der Waals surface area contributed by atoms with Gasteiger partial charge in [-0.05, 0) is 24.8 Å². The van der Waals surface area contributed by atoms with Crippen LogP contribution in [0.25, 0.3) is 10.8 Å². The third-order valence-corrected chi connectivity index (χ3v) is 3.41. The summed E-state index contributed by atoms with van der Waals surface area (Å²) in [5.41, 5.74) is 6.25. The van der Waals surface area contributed by atoms with E-state index in [0.717, 1.165) is 11.3 Å². The summed E-state index contributed by atoms with van der Waals surface area (Å²) < 4.78 is 5.35. The average Bonchev–Trinajstić information content (AvgIpc) is 2.97. The summed E-state index contributed by atoms with van der Waals surface area (Å²) in [6.45, 7) is 2.50. The van der Waals surface area contributed by atoms with Crippen LogP contribution in [0, 0.1) is 0 Å². The molecule has 0 fully saturated rings. The Bertz CT molecular complexity index is 529. The van der Waals surface area contributed by atoms with E-state index in [4.69, 9.17) is 10.2 Å². The number of carbonyl (C=O) groups excluding carboxylic acids is 1. The Balaban J connectivity index is 0.00000200. The molecule has 118 valence electrons. The molecule has 0 spiro atoms. The minimum absolute atomic E-state index is 0. The number of nitrogens with two attached hydrogens (primary N) is 1. The van der Waals surface area contributed by atoms with Crippen LogP contribution in [-0.4, -0.2) is 23.5 Å². The van der Waals surface area contributed by atoms with Crippen LogP contribution < -0.4 is 11.1 Å². The van der Waals surface area contributed by atoms with Crippen molar-refractivity contribution in [3.05, 3.63) is 29.5 Å². The molecule has 5 nitrogen and oxygen atoms in total. The van der Waals surface area contributed by atoms with Crippen LogP contribution in [-0.2, 0) is 11.2 Å². The Morgan fingerprint density at radius 3 is 2.90 bits per heavy atom. The summed E-state index contributed by atoms with van der Waals surface area (Å²) in [6.07, 6.45) is 2.53. The second-order valence-corrected chi connectivity index (χ2v) is 5.36. The number of hydrogen-bond donors (Lipinski definition) is 2. The first-order valence-corrected chi connectivity index (χ1v) is 7.03. The molecule has 0 aliphatic heterocycles. The zero-order valence-electron chi connectivity index (χ0n) is 11.6. The zero-order chi connectivity index (χ0) is 13.7. The fourth-order valence-electron chi connectivity index (χ4n) is 1.57. The Morgan fingerprint density at radius 2 is 2.29 bits per heavy atom. The maximum absolute atomic E-state index is 11.7. The van der Waals surface area contributed by atoms with Gasteiger partial charge in [-0.2, -0.15) is 0 Å². The van der Waals surface area contributed by atoms with E-state index in [2.05, 4.69) is 10.3 Å². The van der Waals surface area contributed by atoms with E-state index >= 15 is 0 Å². The van der Waals surface area contributed by atoms with Crippen LogP contribution in [0.1, 0.15) is 19.0 Å². The number of amides is 1. The molecule has 2 heterocycles. The van der Waals surface area contributed by atoms with Crippen molar-refractivity contribution in [3.63, 3.8) is 0 Å². The molecule has 1 unspecified atom stereocenters. The number of thiophene rings is 1. The maximum atomic E-state index is 11.7. The summed E-state index contributed by atoms with van der Waals surface area (Å²) in [4.78, 5) is 16.9. The SMILES string of the molecule is CC(N)CCNC(=O)Cc1coc(-c2cccs2)n1.Cl.Cl. The molecule has 2 rings (SSSR count). The van der Waals surface area contributed by atoms with Gasteiger partial charge in [-0.3, -0.25) is 4.79 Å². The van der Waals surface area contributed by atoms with Crippen molar-refractivity contribution < 1.29 is 9.21 Å². The summed E-state index contributed by atoms with van der Waals surface area (Å²) in [6, 6.07) is 3.96. The maximum Gasteiger partial charge on any atom is 0.236 e. The van der Waals surface area contributed by atoms with Gasteiger partial charge in [0.1, 0.15) is 6.26 Å². The van der Waals surface area contributed by atoms with Gasteiger partial charge in [0, 0.05) is 12.6 Å². The van der Waals surface area contributed by atoms with E-state index in [1.165, 1.54) is 6.26 Å². The van der Waals surface area contributed by atoms with Crippen LogP contribution in [0.3, 0.4) is 0 Å². The molecule has 2 aromatic rings. The number of nitrogens with zero attached hydrogens (tertiary/aromatic N) is 1. The molecule has 1 amide bonds. The van der Waals surface area contributed by atoms with Gasteiger partial charge in [-0.1, -0.05) is 6.07 Å². The molecular formula is C13H19Cl2N3O2S. The quantitative estimate of drug-likeness (QED) is 0.837. The number of aromatic nitrogens is 1. The lowest BCUT2D eigenvalue weighted by Crippen LogP contribution is -2.30. The minimum Gasteiger partial charge on any atom is -0.444 e. The lowest BCUT2D eigenvalue weighted by Gasteiger charge is -2.05. The first kappa shape index (κ1) is 19.9. The molecule has 21 heavy (non-hydrogen) atoms. The second kappa shape index (κ2) is 9.78. The molecule has 0 aromatic carbocycles. The molecule has 8 heteroatoms. The molecule has 0 radical (unpaired) electrons. The Hall–Kier alpha value is -1.08. The van der Waals surface area contributed by atoms with Crippen LogP contribution in [0.5, 0.6) is 0 Å². The van der Waals surface area contributed by atoms with Gasteiger partial charge >= 0.3 is 0 Å². The van der Waals surface area contributed by atoms with E-state index in [1.807, 2.05) is 24.4 Å². The first-order chi connectivity index (χ1) is 9.15. The van der Waals surface area contributed by atoms with Gasteiger partial charge < -0.3 is 15.5 Å². The van der Waals surface area contributed by atoms with Crippen LogP contribution in [0.15, 0.2) is 28.2 Å².